The Morgan fingerprint density at radius 2 is 2.06 bits per heavy atom. The summed E-state index contributed by atoms with van der Waals surface area (Å²) in [6.07, 6.45) is 4.29. The van der Waals surface area contributed by atoms with E-state index < -0.39 is 5.41 Å². The highest BCUT2D eigenvalue weighted by molar-refractivity contribution is 6.29. The molecule has 0 N–H and O–H groups in total. The van der Waals surface area contributed by atoms with Gasteiger partial charge in [0, 0.05) is 12.6 Å². The molecule has 1 rings (SSSR count). The Balaban J connectivity index is 2.94. The highest BCUT2D eigenvalue weighted by Gasteiger charge is 2.29. The first-order valence-electron chi connectivity index (χ1n) is 5.57. The van der Waals surface area contributed by atoms with Crippen LogP contribution in [-0.2, 0) is 6.42 Å². The van der Waals surface area contributed by atoms with Gasteiger partial charge in [-0.25, -0.2) is 4.98 Å². The van der Waals surface area contributed by atoms with E-state index in [9.17, 15) is 10.5 Å². The van der Waals surface area contributed by atoms with Crippen molar-refractivity contribution < 1.29 is 0 Å². The van der Waals surface area contributed by atoms with Gasteiger partial charge in [-0.1, -0.05) is 29.3 Å². The number of pyridine rings is 1. The van der Waals surface area contributed by atoms with Gasteiger partial charge in [0.05, 0.1) is 12.1 Å². The zero-order chi connectivity index (χ0) is 13.6. The second-order valence-corrected chi connectivity index (χ2v) is 4.84. The van der Waals surface area contributed by atoms with E-state index in [-0.39, 0.29) is 0 Å². The molecular weight excluding hydrogens is 246 g/mol. The maximum absolute atomic E-state index is 9.26. The molecule has 0 saturated heterocycles. The van der Waals surface area contributed by atoms with Crippen LogP contribution in [-0.4, -0.2) is 4.98 Å². The molecule has 92 valence electrons. The summed E-state index contributed by atoms with van der Waals surface area (Å²) in [5.74, 6) is 0. The van der Waals surface area contributed by atoms with E-state index in [1.807, 2.05) is 19.9 Å². The Kier molecular flexibility index (Phi) is 4.89. The van der Waals surface area contributed by atoms with E-state index in [0.717, 1.165) is 11.1 Å². The van der Waals surface area contributed by atoms with Crippen LogP contribution in [0.3, 0.4) is 0 Å². The van der Waals surface area contributed by atoms with Crippen molar-refractivity contribution >= 4 is 11.6 Å². The van der Waals surface area contributed by atoms with Crippen molar-refractivity contribution in [3.63, 3.8) is 0 Å². The summed E-state index contributed by atoms with van der Waals surface area (Å²) in [6.45, 7) is 3.90. The quantitative estimate of drug-likeness (QED) is 0.612. The molecule has 0 spiro atoms. The van der Waals surface area contributed by atoms with Crippen LogP contribution in [0.1, 0.15) is 25.8 Å². The Hall–Kier alpha value is -1.84. The van der Waals surface area contributed by atoms with Gasteiger partial charge in [0.2, 0.25) is 0 Å². The van der Waals surface area contributed by atoms with Crippen LogP contribution in [0, 0.1) is 28.1 Å². The summed E-state index contributed by atoms with van der Waals surface area (Å²) in [5.41, 5.74) is 0.899. The first-order valence-corrected chi connectivity index (χ1v) is 5.95. The number of aromatic nitrogens is 1. The molecular formula is C14H14ClN3. The Morgan fingerprint density at radius 3 is 2.50 bits per heavy atom. The van der Waals surface area contributed by atoms with Crippen molar-refractivity contribution in [1.29, 1.82) is 10.5 Å². The molecule has 1 aromatic rings. The Morgan fingerprint density at radius 1 is 1.39 bits per heavy atom. The SMILES string of the molecule is CC(C)=CCC(C#N)(C#N)Cc1ccc(Cl)nc1. The number of allylic oxidation sites excluding steroid dienone is 2. The topological polar surface area (TPSA) is 60.5 Å². The third-order valence-corrected chi connectivity index (χ3v) is 2.80. The number of rotatable bonds is 4. The molecule has 0 atom stereocenters. The van der Waals surface area contributed by atoms with Crippen LogP contribution in [0.5, 0.6) is 0 Å². The highest BCUT2D eigenvalue weighted by Crippen LogP contribution is 2.27. The number of nitriles is 2. The van der Waals surface area contributed by atoms with Crippen LogP contribution in [0.25, 0.3) is 0 Å². The van der Waals surface area contributed by atoms with E-state index in [1.165, 1.54) is 0 Å². The standard InChI is InChI=1S/C14H14ClN3/c1-11(2)5-6-14(9-16,10-17)7-12-3-4-13(15)18-8-12/h3-5,8H,6-7H2,1-2H3. The molecule has 0 aliphatic carbocycles. The van der Waals surface area contributed by atoms with Crippen molar-refractivity contribution in [2.45, 2.75) is 26.7 Å². The van der Waals surface area contributed by atoms with Crippen LogP contribution in [0.15, 0.2) is 30.0 Å². The second-order valence-electron chi connectivity index (χ2n) is 4.46. The van der Waals surface area contributed by atoms with Crippen molar-refractivity contribution in [2.24, 2.45) is 5.41 Å². The zero-order valence-electron chi connectivity index (χ0n) is 10.4. The van der Waals surface area contributed by atoms with Gasteiger partial charge in [0.25, 0.3) is 0 Å². The zero-order valence-corrected chi connectivity index (χ0v) is 11.2. The minimum atomic E-state index is -1.03. The molecule has 0 aliphatic rings. The van der Waals surface area contributed by atoms with Crippen molar-refractivity contribution in [2.75, 3.05) is 0 Å². The van der Waals surface area contributed by atoms with Crippen LogP contribution >= 0.6 is 11.6 Å². The maximum Gasteiger partial charge on any atom is 0.151 e. The fourth-order valence-corrected chi connectivity index (χ4v) is 1.62. The molecule has 0 radical (unpaired) electrons. The van der Waals surface area contributed by atoms with E-state index in [1.54, 1.807) is 18.3 Å². The van der Waals surface area contributed by atoms with E-state index in [2.05, 4.69) is 17.1 Å². The molecule has 0 unspecified atom stereocenters. The van der Waals surface area contributed by atoms with E-state index in [4.69, 9.17) is 11.6 Å². The van der Waals surface area contributed by atoms with E-state index >= 15 is 0 Å². The first-order chi connectivity index (χ1) is 8.51. The number of hydrogen-bond donors (Lipinski definition) is 0. The molecule has 0 bridgehead atoms. The molecule has 18 heavy (non-hydrogen) atoms. The lowest BCUT2D eigenvalue weighted by molar-refractivity contribution is 0.524. The largest absolute Gasteiger partial charge is 0.244 e. The lowest BCUT2D eigenvalue weighted by atomic mass is 9.81. The predicted molar refractivity (Wildman–Crippen MR) is 70.7 cm³/mol. The van der Waals surface area contributed by atoms with Gasteiger partial charge in [-0.15, -0.1) is 0 Å². The predicted octanol–water partition coefficient (Wildman–Crippen LogP) is 3.67. The maximum atomic E-state index is 9.26. The van der Waals surface area contributed by atoms with Gasteiger partial charge < -0.3 is 0 Å². The molecule has 4 heteroatoms. The van der Waals surface area contributed by atoms with Gasteiger partial charge >= 0.3 is 0 Å². The molecule has 3 nitrogen and oxygen atoms in total. The van der Waals surface area contributed by atoms with Crippen LogP contribution < -0.4 is 0 Å². The van der Waals surface area contributed by atoms with Gasteiger partial charge in [-0.05, 0) is 31.9 Å². The third kappa shape index (κ3) is 3.87. The minimum Gasteiger partial charge on any atom is -0.244 e. The monoisotopic (exact) mass is 259 g/mol. The molecule has 0 amide bonds. The molecule has 0 fully saturated rings. The average Bonchev–Trinajstić information content (AvgIpc) is 2.37. The van der Waals surface area contributed by atoms with Crippen molar-refractivity contribution in [3.05, 3.63) is 40.7 Å². The van der Waals surface area contributed by atoms with Gasteiger partial charge in [-0.2, -0.15) is 10.5 Å². The lowest BCUT2D eigenvalue weighted by Gasteiger charge is -2.16. The summed E-state index contributed by atoms with van der Waals surface area (Å²) in [6, 6.07) is 7.69. The summed E-state index contributed by atoms with van der Waals surface area (Å²) in [4.78, 5) is 3.96. The number of halogens is 1. The first kappa shape index (κ1) is 14.2. The molecule has 0 aromatic carbocycles. The fraction of sp³-hybridized carbons (Fsp3) is 0.357. The fourth-order valence-electron chi connectivity index (χ4n) is 1.51. The van der Waals surface area contributed by atoms with E-state index in [0.29, 0.717) is 18.0 Å². The highest BCUT2D eigenvalue weighted by atomic mass is 35.5. The molecule has 0 saturated carbocycles. The smallest absolute Gasteiger partial charge is 0.151 e. The summed E-state index contributed by atoms with van der Waals surface area (Å²) in [5, 5.41) is 18.9. The minimum absolute atomic E-state index is 0.355. The Bertz CT molecular complexity index is 499. The summed E-state index contributed by atoms with van der Waals surface area (Å²) < 4.78 is 0. The lowest BCUT2D eigenvalue weighted by Crippen LogP contribution is -2.19. The molecule has 1 aromatic heterocycles. The van der Waals surface area contributed by atoms with Gasteiger partial charge in [0.15, 0.2) is 5.41 Å². The summed E-state index contributed by atoms with van der Waals surface area (Å²) in [7, 11) is 0. The van der Waals surface area contributed by atoms with Gasteiger partial charge in [0.1, 0.15) is 5.15 Å². The second kappa shape index (κ2) is 6.19. The van der Waals surface area contributed by atoms with Crippen LogP contribution in [0.2, 0.25) is 5.15 Å². The summed E-state index contributed by atoms with van der Waals surface area (Å²) >= 11 is 5.70. The van der Waals surface area contributed by atoms with Gasteiger partial charge in [-0.3, -0.25) is 0 Å². The number of hydrogen-bond acceptors (Lipinski definition) is 3. The third-order valence-electron chi connectivity index (χ3n) is 2.58. The molecule has 1 heterocycles. The van der Waals surface area contributed by atoms with Crippen molar-refractivity contribution in [3.8, 4) is 12.1 Å². The molecule has 0 aliphatic heterocycles. The van der Waals surface area contributed by atoms with Crippen molar-refractivity contribution in [1.82, 2.24) is 4.98 Å². The Labute approximate surface area is 112 Å². The van der Waals surface area contributed by atoms with Crippen LogP contribution in [0.4, 0.5) is 0 Å². The average molecular weight is 260 g/mol. The normalized spacial score (nSPS) is 10.3. The number of nitrogens with zero attached hydrogens (tertiary/aromatic N) is 3.